The molecule has 0 bridgehead atoms. The van der Waals surface area contributed by atoms with E-state index in [-0.39, 0.29) is 12.4 Å². The van der Waals surface area contributed by atoms with Gasteiger partial charge in [0.25, 0.3) is 0 Å². The smallest absolute Gasteiger partial charge is 0.169 e. The maximum Gasteiger partial charge on any atom is 0.169 e. The van der Waals surface area contributed by atoms with Crippen LogP contribution in [0.1, 0.15) is 5.56 Å². The standard InChI is InChI=1S/C15H12F2N4/c16-10-6-5-9(7-11(10)17)8-19-15-14(18)20-12-3-1-2-4-13(12)21-15/h1-7H,8H2,(H2,18,20)(H,19,21). The number of hydrogen-bond acceptors (Lipinski definition) is 4. The third kappa shape index (κ3) is 2.74. The lowest BCUT2D eigenvalue weighted by Gasteiger charge is -2.09. The van der Waals surface area contributed by atoms with Gasteiger partial charge in [-0.15, -0.1) is 0 Å². The van der Waals surface area contributed by atoms with Crippen molar-refractivity contribution in [3.05, 3.63) is 59.7 Å². The van der Waals surface area contributed by atoms with Gasteiger partial charge in [0.2, 0.25) is 0 Å². The van der Waals surface area contributed by atoms with Gasteiger partial charge in [-0.1, -0.05) is 18.2 Å². The minimum Gasteiger partial charge on any atom is -0.381 e. The van der Waals surface area contributed by atoms with Crippen LogP contribution < -0.4 is 11.1 Å². The van der Waals surface area contributed by atoms with Crippen LogP contribution in [-0.4, -0.2) is 9.97 Å². The monoisotopic (exact) mass is 286 g/mol. The molecule has 0 saturated carbocycles. The van der Waals surface area contributed by atoms with Gasteiger partial charge in [0.15, 0.2) is 23.3 Å². The maximum absolute atomic E-state index is 13.1. The molecule has 3 rings (SSSR count). The van der Waals surface area contributed by atoms with Crippen LogP contribution in [0.4, 0.5) is 20.4 Å². The first-order chi connectivity index (χ1) is 10.1. The summed E-state index contributed by atoms with van der Waals surface area (Å²) in [5.41, 5.74) is 7.83. The number of halogens is 2. The van der Waals surface area contributed by atoms with Crippen LogP contribution in [0.25, 0.3) is 11.0 Å². The van der Waals surface area contributed by atoms with Gasteiger partial charge in [0, 0.05) is 6.54 Å². The predicted octanol–water partition coefficient (Wildman–Crippen LogP) is 3.10. The number of aromatic nitrogens is 2. The van der Waals surface area contributed by atoms with E-state index in [2.05, 4.69) is 15.3 Å². The van der Waals surface area contributed by atoms with Gasteiger partial charge in [0.05, 0.1) is 11.0 Å². The molecule has 0 aliphatic rings. The fourth-order valence-corrected chi connectivity index (χ4v) is 1.98. The Kier molecular flexibility index (Phi) is 3.35. The third-order valence-electron chi connectivity index (χ3n) is 3.04. The molecule has 0 radical (unpaired) electrons. The summed E-state index contributed by atoms with van der Waals surface area (Å²) in [5.74, 6) is -1.08. The van der Waals surface area contributed by atoms with Crippen molar-refractivity contribution in [1.29, 1.82) is 0 Å². The van der Waals surface area contributed by atoms with Crippen LogP contribution in [0, 0.1) is 11.6 Å². The molecular weight excluding hydrogens is 274 g/mol. The fourth-order valence-electron chi connectivity index (χ4n) is 1.98. The predicted molar refractivity (Wildman–Crippen MR) is 77.6 cm³/mol. The minimum absolute atomic E-state index is 0.260. The van der Waals surface area contributed by atoms with E-state index < -0.39 is 11.6 Å². The van der Waals surface area contributed by atoms with Crippen LogP contribution in [0.3, 0.4) is 0 Å². The number of nitrogen functional groups attached to an aromatic ring is 1. The fraction of sp³-hybridized carbons (Fsp3) is 0.0667. The first-order valence-electron chi connectivity index (χ1n) is 6.33. The average molecular weight is 286 g/mol. The van der Waals surface area contributed by atoms with Crippen LogP contribution in [0.15, 0.2) is 42.5 Å². The number of rotatable bonds is 3. The number of nitrogens with one attached hydrogen (secondary N) is 1. The van der Waals surface area contributed by atoms with Crippen LogP contribution in [0.2, 0.25) is 0 Å². The first kappa shape index (κ1) is 13.2. The summed E-state index contributed by atoms with van der Waals surface area (Å²) >= 11 is 0. The van der Waals surface area contributed by atoms with Crippen LogP contribution in [-0.2, 0) is 6.54 Å². The molecule has 3 N–H and O–H groups in total. The Morgan fingerprint density at radius 2 is 1.67 bits per heavy atom. The first-order valence-corrected chi connectivity index (χ1v) is 6.33. The van der Waals surface area contributed by atoms with Gasteiger partial charge in [0.1, 0.15) is 0 Å². The van der Waals surface area contributed by atoms with Crippen molar-refractivity contribution in [1.82, 2.24) is 9.97 Å². The van der Waals surface area contributed by atoms with E-state index in [0.717, 1.165) is 12.1 Å². The van der Waals surface area contributed by atoms with E-state index in [1.807, 2.05) is 24.3 Å². The molecule has 6 heteroatoms. The maximum atomic E-state index is 13.1. The molecule has 0 saturated heterocycles. The van der Waals surface area contributed by atoms with E-state index in [1.165, 1.54) is 6.07 Å². The Labute approximate surface area is 119 Å². The quantitative estimate of drug-likeness (QED) is 0.776. The Hall–Kier alpha value is -2.76. The molecule has 0 spiro atoms. The Morgan fingerprint density at radius 3 is 2.38 bits per heavy atom. The van der Waals surface area contributed by atoms with Crippen molar-refractivity contribution >= 4 is 22.7 Å². The lowest BCUT2D eigenvalue weighted by atomic mass is 10.2. The topological polar surface area (TPSA) is 63.8 Å². The zero-order chi connectivity index (χ0) is 14.8. The molecule has 4 nitrogen and oxygen atoms in total. The molecule has 1 aromatic heterocycles. The number of benzene rings is 2. The number of fused-ring (bicyclic) bond motifs is 1. The second-order valence-electron chi connectivity index (χ2n) is 4.55. The number of nitrogens with zero attached hydrogens (tertiary/aromatic N) is 2. The molecule has 106 valence electrons. The molecule has 2 aromatic carbocycles. The van der Waals surface area contributed by atoms with E-state index in [9.17, 15) is 8.78 Å². The second kappa shape index (κ2) is 5.32. The summed E-state index contributed by atoms with van der Waals surface area (Å²) in [4.78, 5) is 8.60. The largest absolute Gasteiger partial charge is 0.381 e. The summed E-state index contributed by atoms with van der Waals surface area (Å²) < 4.78 is 26.0. The zero-order valence-electron chi connectivity index (χ0n) is 11.0. The lowest BCUT2D eigenvalue weighted by Crippen LogP contribution is -2.07. The van der Waals surface area contributed by atoms with Crippen molar-refractivity contribution in [2.45, 2.75) is 6.54 Å². The summed E-state index contributed by atoms with van der Waals surface area (Å²) in [6, 6.07) is 11.1. The van der Waals surface area contributed by atoms with Gasteiger partial charge < -0.3 is 11.1 Å². The Morgan fingerprint density at radius 1 is 0.952 bits per heavy atom. The number of hydrogen-bond donors (Lipinski definition) is 2. The third-order valence-corrected chi connectivity index (χ3v) is 3.04. The molecular formula is C15H12F2N4. The number of para-hydroxylation sites is 2. The molecule has 0 amide bonds. The van der Waals surface area contributed by atoms with Gasteiger partial charge >= 0.3 is 0 Å². The Bertz CT molecular complexity index is 805. The highest BCUT2D eigenvalue weighted by atomic mass is 19.2. The highest BCUT2D eigenvalue weighted by molar-refractivity contribution is 5.79. The van der Waals surface area contributed by atoms with Crippen molar-refractivity contribution in [3.8, 4) is 0 Å². The van der Waals surface area contributed by atoms with Gasteiger partial charge in [-0.3, -0.25) is 0 Å². The highest BCUT2D eigenvalue weighted by Crippen LogP contribution is 2.19. The second-order valence-corrected chi connectivity index (χ2v) is 4.55. The van der Waals surface area contributed by atoms with Crippen molar-refractivity contribution in [3.63, 3.8) is 0 Å². The summed E-state index contributed by atoms with van der Waals surface area (Å²) in [5, 5.41) is 2.98. The van der Waals surface area contributed by atoms with E-state index in [4.69, 9.17) is 5.73 Å². The number of anilines is 2. The van der Waals surface area contributed by atoms with E-state index in [0.29, 0.717) is 22.4 Å². The molecule has 0 unspecified atom stereocenters. The molecule has 3 aromatic rings. The molecule has 0 atom stereocenters. The van der Waals surface area contributed by atoms with Gasteiger partial charge in [-0.05, 0) is 29.8 Å². The lowest BCUT2D eigenvalue weighted by molar-refractivity contribution is 0.507. The van der Waals surface area contributed by atoms with Gasteiger partial charge in [-0.2, -0.15) is 0 Å². The highest BCUT2D eigenvalue weighted by Gasteiger charge is 2.07. The average Bonchev–Trinajstić information content (AvgIpc) is 2.48. The molecule has 0 aliphatic heterocycles. The SMILES string of the molecule is Nc1nc2ccccc2nc1NCc1ccc(F)c(F)c1. The summed E-state index contributed by atoms with van der Waals surface area (Å²) in [6.45, 7) is 0.272. The molecule has 0 fully saturated rings. The van der Waals surface area contributed by atoms with Crippen LogP contribution >= 0.6 is 0 Å². The summed E-state index contributed by atoms with van der Waals surface area (Å²) in [6.07, 6.45) is 0. The van der Waals surface area contributed by atoms with Crippen molar-refractivity contribution in [2.24, 2.45) is 0 Å². The van der Waals surface area contributed by atoms with Crippen molar-refractivity contribution in [2.75, 3.05) is 11.1 Å². The minimum atomic E-state index is -0.883. The summed E-state index contributed by atoms with van der Waals surface area (Å²) in [7, 11) is 0. The van der Waals surface area contributed by atoms with Crippen molar-refractivity contribution < 1.29 is 8.78 Å². The Balaban J connectivity index is 1.84. The molecule has 0 aliphatic carbocycles. The zero-order valence-corrected chi connectivity index (χ0v) is 11.0. The van der Waals surface area contributed by atoms with Crippen LogP contribution in [0.5, 0.6) is 0 Å². The molecule has 21 heavy (non-hydrogen) atoms. The van der Waals surface area contributed by atoms with Gasteiger partial charge in [-0.25, -0.2) is 18.7 Å². The van der Waals surface area contributed by atoms with E-state index >= 15 is 0 Å². The number of nitrogens with two attached hydrogens (primary N) is 1. The normalized spacial score (nSPS) is 10.8. The molecule has 1 heterocycles. The van der Waals surface area contributed by atoms with E-state index in [1.54, 1.807) is 0 Å².